The molecule has 0 aromatic carbocycles. The van der Waals surface area contributed by atoms with Gasteiger partial charge in [-0.3, -0.25) is 14.4 Å². The first-order valence-corrected chi connectivity index (χ1v) is 6.07. The molecule has 1 saturated heterocycles. The maximum Gasteiger partial charge on any atom is 0.303 e. The van der Waals surface area contributed by atoms with Crippen LogP contribution >= 0.6 is 0 Å². The number of hydrogen-bond acceptors (Lipinski definition) is 8. The predicted octanol–water partition coefficient (Wildman–Crippen LogP) is -0.481. The van der Waals surface area contributed by atoms with Crippen molar-refractivity contribution in [2.24, 2.45) is 0 Å². The number of aliphatic hydroxyl groups is 1. The normalized spacial score (nSPS) is 33.1. The fraction of sp³-hybridized carbons (Fsp3) is 0.750. The summed E-state index contributed by atoms with van der Waals surface area (Å²) in [6, 6.07) is 0. The SMILES string of the molecule is CC(=O)O[C@H]1[C@@H](OC(C)=O)[C@H](C)O[C@@H](O)[C@H]1OC(C)=O. The Morgan fingerprint density at radius 2 is 1.25 bits per heavy atom. The second-order valence-electron chi connectivity index (χ2n) is 4.45. The van der Waals surface area contributed by atoms with E-state index in [9.17, 15) is 19.5 Å². The Morgan fingerprint density at radius 3 is 1.70 bits per heavy atom. The molecule has 0 saturated carbocycles. The quantitative estimate of drug-likeness (QED) is 0.548. The summed E-state index contributed by atoms with van der Waals surface area (Å²) in [6.07, 6.45) is -5.60. The van der Waals surface area contributed by atoms with E-state index in [4.69, 9.17) is 18.9 Å². The van der Waals surface area contributed by atoms with Crippen LogP contribution in [-0.2, 0) is 33.3 Å². The van der Waals surface area contributed by atoms with Gasteiger partial charge in [0, 0.05) is 20.8 Å². The van der Waals surface area contributed by atoms with Crippen molar-refractivity contribution in [1.29, 1.82) is 0 Å². The van der Waals surface area contributed by atoms with Crippen LogP contribution in [0.25, 0.3) is 0 Å². The number of esters is 3. The first kappa shape index (κ1) is 16.4. The zero-order valence-corrected chi connectivity index (χ0v) is 11.7. The van der Waals surface area contributed by atoms with Crippen molar-refractivity contribution >= 4 is 17.9 Å². The molecule has 0 aromatic heterocycles. The second kappa shape index (κ2) is 6.67. The molecule has 1 aliphatic rings. The fourth-order valence-corrected chi connectivity index (χ4v) is 1.99. The second-order valence-corrected chi connectivity index (χ2v) is 4.45. The van der Waals surface area contributed by atoms with Gasteiger partial charge in [-0.05, 0) is 6.92 Å². The lowest BCUT2D eigenvalue weighted by Crippen LogP contribution is -2.60. The van der Waals surface area contributed by atoms with Gasteiger partial charge < -0.3 is 24.1 Å². The average molecular weight is 290 g/mol. The van der Waals surface area contributed by atoms with E-state index in [1.807, 2.05) is 0 Å². The van der Waals surface area contributed by atoms with Crippen LogP contribution in [0.3, 0.4) is 0 Å². The van der Waals surface area contributed by atoms with Gasteiger partial charge in [0.2, 0.25) is 0 Å². The zero-order valence-electron chi connectivity index (χ0n) is 11.7. The van der Waals surface area contributed by atoms with E-state index >= 15 is 0 Å². The topological polar surface area (TPSA) is 108 Å². The summed E-state index contributed by atoms with van der Waals surface area (Å²) in [7, 11) is 0. The van der Waals surface area contributed by atoms with Crippen molar-refractivity contribution in [2.45, 2.75) is 58.4 Å². The van der Waals surface area contributed by atoms with E-state index in [-0.39, 0.29) is 0 Å². The molecule has 5 atom stereocenters. The zero-order chi connectivity index (χ0) is 15.4. The highest BCUT2D eigenvalue weighted by Gasteiger charge is 2.49. The molecule has 0 aliphatic carbocycles. The summed E-state index contributed by atoms with van der Waals surface area (Å²) >= 11 is 0. The van der Waals surface area contributed by atoms with Gasteiger partial charge in [-0.2, -0.15) is 0 Å². The Hall–Kier alpha value is -1.67. The van der Waals surface area contributed by atoms with E-state index < -0.39 is 48.6 Å². The molecular formula is C12H18O8. The van der Waals surface area contributed by atoms with Crippen LogP contribution in [0.1, 0.15) is 27.7 Å². The summed E-state index contributed by atoms with van der Waals surface area (Å²) in [5.74, 6) is -1.96. The van der Waals surface area contributed by atoms with Crippen molar-refractivity contribution in [3.63, 3.8) is 0 Å². The first-order valence-electron chi connectivity index (χ1n) is 6.07. The van der Waals surface area contributed by atoms with Crippen molar-refractivity contribution in [1.82, 2.24) is 0 Å². The molecular weight excluding hydrogens is 272 g/mol. The lowest BCUT2D eigenvalue weighted by molar-refractivity contribution is -0.288. The smallest absolute Gasteiger partial charge is 0.303 e. The van der Waals surface area contributed by atoms with E-state index in [2.05, 4.69) is 0 Å². The summed E-state index contributed by atoms with van der Waals surface area (Å²) < 4.78 is 20.1. The van der Waals surface area contributed by atoms with Gasteiger partial charge in [-0.15, -0.1) is 0 Å². The molecule has 1 rings (SSSR count). The van der Waals surface area contributed by atoms with Crippen LogP contribution in [0.2, 0.25) is 0 Å². The molecule has 0 spiro atoms. The summed E-state index contributed by atoms with van der Waals surface area (Å²) in [4.78, 5) is 33.3. The molecule has 1 heterocycles. The summed E-state index contributed by atoms with van der Waals surface area (Å²) in [6.45, 7) is 5.01. The number of ether oxygens (including phenoxy) is 4. The van der Waals surface area contributed by atoms with Gasteiger partial charge in [0.25, 0.3) is 0 Å². The Morgan fingerprint density at radius 1 is 0.850 bits per heavy atom. The van der Waals surface area contributed by atoms with Gasteiger partial charge >= 0.3 is 17.9 Å². The monoisotopic (exact) mass is 290 g/mol. The van der Waals surface area contributed by atoms with Crippen molar-refractivity contribution in [3.8, 4) is 0 Å². The Labute approximate surface area is 115 Å². The van der Waals surface area contributed by atoms with Crippen LogP contribution in [0.5, 0.6) is 0 Å². The van der Waals surface area contributed by atoms with Crippen LogP contribution in [0, 0.1) is 0 Å². The molecule has 0 aromatic rings. The number of carbonyl (C=O) groups excluding carboxylic acids is 3. The summed E-state index contributed by atoms with van der Waals surface area (Å²) in [5, 5.41) is 9.79. The third kappa shape index (κ3) is 4.17. The van der Waals surface area contributed by atoms with Crippen LogP contribution < -0.4 is 0 Å². The molecule has 20 heavy (non-hydrogen) atoms. The third-order valence-electron chi connectivity index (χ3n) is 2.65. The average Bonchev–Trinajstić information content (AvgIpc) is 2.27. The molecule has 0 radical (unpaired) electrons. The number of hydrogen-bond donors (Lipinski definition) is 1. The third-order valence-corrected chi connectivity index (χ3v) is 2.65. The van der Waals surface area contributed by atoms with Crippen molar-refractivity contribution in [2.75, 3.05) is 0 Å². The van der Waals surface area contributed by atoms with Crippen LogP contribution in [0.4, 0.5) is 0 Å². The minimum atomic E-state index is -1.48. The van der Waals surface area contributed by atoms with Gasteiger partial charge in [0.15, 0.2) is 24.6 Å². The highest BCUT2D eigenvalue weighted by molar-refractivity contribution is 5.68. The Balaban J connectivity index is 3.01. The lowest BCUT2D eigenvalue weighted by atomic mass is 9.99. The van der Waals surface area contributed by atoms with Crippen LogP contribution in [0.15, 0.2) is 0 Å². The van der Waals surface area contributed by atoms with Crippen LogP contribution in [-0.4, -0.2) is 53.7 Å². The number of rotatable bonds is 3. The molecule has 8 nitrogen and oxygen atoms in total. The maximum absolute atomic E-state index is 11.2. The molecule has 1 fully saturated rings. The minimum Gasteiger partial charge on any atom is -0.456 e. The van der Waals surface area contributed by atoms with Gasteiger partial charge in [-0.1, -0.05) is 0 Å². The molecule has 8 heteroatoms. The first-order chi connectivity index (χ1) is 9.22. The van der Waals surface area contributed by atoms with E-state index in [1.54, 1.807) is 0 Å². The Bertz CT molecular complexity index is 365. The van der Waals surface area contributed by atoms with Crippen molar-refractivity contribution in [3.05, 3.63) is 0 Å². The minimum absolute atomic E-state index is 0.611. The number of aliphatic hydroxyl groups excluding tert-OH is 1. The van der Waals surface area contributed by atoms with Gasteiger partial charge in [0.1, 0.15) is 0 Å². The maximum atomic E-state index is 11.2. The number of carbonyl (C=O) groups is 3. The molecule has 1 N–H and O–H groups in total. The predicted molar refractivity (Wildman–Crippen MR) is 63.2 cm³/mol. The van der Waals surface area contributed by atoms with E-state index in [0.29, 0.717) is 0 Å². The largest absolute Gasteiger partial charge is 0.456 e. The fourth-order valence-electron chi connectivity index (χ4n) is 1.99. The van der Waals surface area contributed by atoms with Gasteiger partial charge in [0.05, 0.1) is 6.10 Å². The Kier molecular flexibility index (Phi) is 5.46. The highest BCUT2D eigenvalue weighted by atomic mass is 16.7. The highest BCUT2D eigenvalue weighted by Crippen LogP contribution is 2.27. The molecule has 0 unspecified atom stereocenters. The standard InChI is InChI=1S/C12H18O8/c1-5-9(18-6(2)13)10(19-7(3)14)11(12(16)17-5)20-8(4)15/h5,9-12,16H,1-4H3/t5-,9-,10-,11-,12+/m0/s1. The molecule has 0 amide bonds. The van der Waals surface area contributed by atoms with E-state index in [1.165, 1.54) is 13.8 Å². The van der Waals surface area contributed by atoms with Crippen molar-refractivity contribution < 1.29 is 38.4 Å². The molecule has 114 valence electrons. The molecule has 1 aliphatic heterocycles. The van der Waals surface area contributed by atoms with Gasteiger partial charge in [-0.25, -0.2) is 0 Å². The summed E-state index contributed by atoms with van der Waals surface area (Å²) in [5.41, 5.74) is 0. The molecule has 0 bridgehead atoms. The lowest BCUT2D eigenvalue weighted by Gasteiger charge is -2.41. The van der Waals surface area contributed by atoms with E-state index in [0.717, 1.165) is 13.8 Å².